The second-order valence-corrected chi connectivity index (χ2v) is 9.39. The molecule has 4 rings (SSSR count). The van der Waals surface area contributed by atoms with Crippen molar-refractivity contribution in [3.8, 4) is 0 Å². The van der Waals surface area contributed by atoms with Gasteiger partial charge in [0, 0.05) is 12.6 Å². The third kappa shape index (κ3) is 5.05. The van der Waals surface area contributed by atoms with Crippen LogP contribution in [-0.2, 0) is 19.6 Å². The van der Waals surface area contributed by atoms with Gasteiger partial charge in [0.15, 0.2) is 0 Å². The van der Waals surface area contributed by atoms with E-state index in [4.69, 9.17) is 8.83 Å². The first-order valence-electron chi connectivity index (χ1n) is 12.0. The summed E-state index contributed by atoms with van der Waals surface area (Å²) in [5, 5.41) is 3.10. The van der Waals surface area contributed by atoms with Crippen LogP contribution >= 0.6 is 0 Å². The highest BCUT2D eigenvalue weighted by Crippen LogP contribution is 2.23. The number of piperidine rings is 1. The van der Waals surface area contributed by atoms with Crippen molar-refractivity contribution in [1.29, 1.82) is 0 Å². The summed E-state index contributed by atoms with van der Waals surface area (Å²) in [5.41, 5.74) is 0.171. The molecule has 0 spiro atoms. The molecule has 1 atom stereocenters. The lowest BCUT2D eigenvalue weighted by Gasteiger charge is -2.34. The van der Waals surface area contributed by atoms with E-state index in [1.165, 1.54) is 30.2 Å². The van der Waals surface area contributed by atoms with Gasteiger partial charge in [-0.2, -0.15) is 0 Å². The van der Waals surface area contributed by atoms with Gasteiger partial charge in [0.05, 0.1) is 18.7 Å². The van der Waals surface area contributed by atoms with Crippen LogP contribution in [-0.4, -0.2) is 32.9 Å². The number of carbonyl (C=O) groups excluding carboxylic acids is 1. The second kappa shape index (κ2) is 9.95. The minimum absolute atomic E-state index is 0.190. The Balaban J connectivity index is 1.46. The number of likely N-dealkylation sites (tertiary alicyclic amines) is 1. The van der Waals surface area contributed by atoms with Crippen LogP contribution < -0.4 is 10.9 Å². The maximum Gasteiger partial charge on any atom is 0.265 e. The molecule has 0 bridgehead atoms. The Hall–Kier alpha value is -2.87. The van der Waals surface area contributed by atoms with E-state index in [-0.39, 0.29) is 40.6 Å². The van der Waals surface area contributed by atoms with Gasteiger partial charge in [-0.3, -0.25) is 19.1 Å². The number of furan rings is 2. The Morgan fingerprint density at radius 3 is 2.79 bits per heavy atom. The molecule has 1 amide bonds. The first-order chi connectivity index (χ1) is 15.9. The monoisotopic (exact) mass is 454 g/mol. The van der Waals surface area contributed by atoms with Crippen molar-refractivity contribution in [3.63, 3.8) is 0 Å². The number of hydrogen-bond donors (Lipinski definition) is 1. The molecule has 1 aliphatic heterocycles. The predicted octanol–water partition coefficient (Wildman–Crippen LogP) is 4.24. The molecule has 8 nitrogen and oxygen atoms in total. The highest BCUT2D eigenvalue weighted by atomic mass is 16.3. The predicted molar refractivity (Wildman–Crippen MR) is 126 cm³/mol. The van der Waals surface area contributed by atoms with Crippen LogP contribution in [0.15, 0.2) is 32.1 Å². The summed E-state index contributed by atoms with van der Waals surface area (Å²) in [6, 6.07) is 4.49. The Kier molecular flexibility index (Phi) is 7.02. The van der Waals surface area contributed by atoms with Gasteiger partial charge >= 0.3 is 0 Å². The molecular formula is C25H34N4O4. The van der Waals surface area contributed by atoms with Gasteiger partial charge in [0.2, 0.25) is 5.71 Å². The number of fused-ring (bicyclic) bond motifs is 1. The lowest BCUT2D eigenvalue weighted by atomic mass is 10.00. The van der Waals surface area contributed by atoms with E-state index in [0.717, 1.165) is 25.3 Å². The van der Waals surface area contributed by atoms with Crippen molar-refractivity contribution in [2.45, 2.75) is 79.1 Å². The summed E-state index contributed by atoms with van der Waals surface area (Å²) in [4.78, 5) is 32.7. The summed E-state index contributed by atoms with van der Waals surface area (Å²) in [6.45, 7) is 10.6. The minimum Gasteiger partial charge on any atom is -0.463 e. The molecule has 4 heterocycles. The van der Waals surface area contributed by atoms with Gasteiger partial charge in [-0.1, -0.05) is 27.2 Å². The number of rotatable bonds is 8. The molecule has 0 aliphatic carbocycles. The topological polar surface area (TPSA) is 93.5 Å². The quantitative estimate of drug-likeness (QED) is 0.547. The Labute approximate surface area is 194 Å². The van der Waals surface area contributed by atoms with Crippen LogP contribution in [0.4, 0.5) is 0 Å². The number of aromatic nitrogens is 2. The molecule has 1 aliphatic rings. The van der Waals surface area contributed by atoms with Crippen LogP contribution in [0.25, 0.3) is 11.1 Å². The molecule has 0 aromatic carbocycles. The standard InChI is InChI=1S/C25H34N4O4/c1-5-18-8-6-7-11-28(18)14-20-10-9-19(33-20)12-26-23(30)21-17(4)32-24-22(21)25(31)29(15-27-24)13-16(2)3/h9-10,15-16,18H,5-8,11-14H2,1-4H3,(H,26,30)/t18-/m1/s1. The fourth-order valence-corrected chi connectivity index (χ4v) is 4.72. The first-order valence-corrected chi connectivity index (χ1v) is 12.0. The fourth-order valence-electron chi connectivity index (χ4n) is 4.72. The third-order valence-electron chi connectivity index (χ3n) is 6.36. The molecule has 1 fully saturated rings. The van der Waals surface area contributed by atoms with Crippen LogP contribution in [0.2, 0.25) is 0 Å². The van der Waals surface area contributed by atoms with Crippen LogP contribution in [0.1, 0.15) is 74.1 Å². The average Bonchev–Trinajstić information content (AvgIpc) is 3.38. The smallest absolute Gasteiger partial charge is 0.265 e. The largest absolute Gasteiger partial charge is 0.463 e. The Morgan fingerprint density at radius 1 is 1.24 bits per heavy atom. The number of amides is 1. The SMILES string of the molecule is CC[C@@H]1CCCCN1Cc1ccc(CNC(=O)c2c(C)oc3ncn(CC(C)C)c(=O)c23)o1. The van der Waals surface area contributed by atoms with E-state index in [1.54, 1.807) is 6.92 Å². The van der Waals surface area contributed by atoms with E-state index in [2.05, 4.69) is 22.1 Å². The van der Waals surface area contributed by atoms with Crippen molar-refractivity contribution in [3.05, 3.63) is 51.7 Å². The van der Waals surface area contributed by atoms with Crippen molar-refractivity contribution < 1.29 is 13.6 Å². The average molecular weight is 455 g/mol. The Bertz CT molecular complexity index is 1170. The van der Waals surface area contributed by atoms with Gasteiger partial charge in [-0.25, -0.2) is 4.98 Å². The summed E-state index contributed by atoms with van der Waals surface area (Å²) < 4.78 is 13.1. The maximum absolute atomic E-state index is 13.0. The fraction of sp³-hybridized carbons (Fsp3) is 0.560. The number of nitrogens with zero attached hydrogens (tertiary/aromatic N) is 3. The first kappa shape index (κ1) is 23.3. The van der Waals surface area contributed by atoms with Gasteiger partial charge in [-0.05, 0) is 50.8 Å². The number of aryl methyl sites for hydroxylation is 1. The molecule has 8 heteroatoms. The van der Waals surface area contributed by atoms with Gasteiger partial charge in [0.25, 0.3) is 11.5 Å². The minimum atomic E-state index is -0.368. The number of nitrogens with one attached hydrogen (secondary N) is 1. The Morgan fingerprint density at radius 2 is 2.03 bits per heavy atom. The highest BCUT2D eigenvalue weighted by molar-refractivity contribution is 6.06. The highest BCUT2D eigenvalue weighted by Gasteiger charge is 2.24. The zero-order valence-corrected chi connectivity index (χ0v) is 20.0. The van der Waals surface area contributed by atoms with Gasteiger partial charge in [0.1, 0.15) is 29.0 Å². The lowest BCUT2D eigenvalue weighted by molar-refractivity contribution is 0.0946. The normalized spacial score (nSPS) is 17.2. The van der Waals surface area contributed by atoms with E-state index in [1.807, 2.05) is 26.0 Å². The maximum atomic E-state index is 13.0. The zero-order chi connectivity index (χ0) is 23.5. The van der Waals surface area contributed by atoms with E-state index in [0.29, 0.717) is 24.1 Å². The summed E-state index contributed by atoms with van der Waals surface area (Å²) in [7, 11) is 0. The number of hydrogen-bond acceptors (Lipinski definition) is 6. The lowest BCUT2D eigenvalue weighted by Crippen LogP contribution is -2.38. The van der Waals surface area contributed by atoms with E-state index < -0.39 is 0 Å². The molecule has 0 saturated carbocycles. The molecule has 178 valence electrons. The molecule has 33 heavy (non-hydrogen) atoms. The number of carbonyl (C=O) groups is 1. The van der Waals surface area contributed by atoms with Crippen LogP contribution in [0.3, 0.4) is 0 Å². The van der Waals surface area contributed by atoms with E-state index >= 15 is 0 Å². The van der Waals surface area contributed by atoms with Gasteiger partial charge < -0.3 is 14.2 Å². The van der Waals surface area contributed by atoms with Crippen molar-refractivity contribution in [2.24, 2.45) is 5.92 Å². The summed E-state index contributed by atoms with van der Waals surface area (Å²) in [5.74, 6) is 1.88. The molecule has 3 aromatic rings. The molecule has 1 saturated heterocycles. The van der Waals surface area contributed by atoms with Gasteiger partial charge in [-0.15, -0.1) is 0 Å². The van der Waals surface area contributed by atoms with E-state index in [9.17, 15) is 9.59 Å². The summed E-state index contributed by atoms with van der Waals surface area (Å²) in [6.07, 6.45) is 6.39. The molecule has 3 aromatic heterocycles. The molecule has 0 unspecified atom stereocenters. The molecule has 1 N–H and O–H groups in total. The van der Waals surface area contributed by atoms with Crippen molar-refractivity contribution >= 4 is 17.0 Å². The second-order valence-electron chi connectivity index (χ2n) is 9.39. The van der Waals surface area contributed by atoms with Crippen molar-refractivity contribution in [1.82, 2.24) is 19.8 Å². The third-order valence-corrected chi connectivity index (χ3v) is 6.36. The zero-order valence-electron chi connectivity index (χ0n) is 20.0. The van der Waals surface area contributed by atoms with Crippen LogP contribution in [0.5, 0.6) is 0 Å². The molecular weight excluding hydrogens is 420 g/mol. The van der Waals surface area contributed by atoms with Crippen LogP contribution in [0, 0.1) is 12.8 Å². The van der Waals surface area contributed by atoms with Crippen molar-refractivity contribution in [2.75, 3.05) is 6.54 Å². The molecule has 0 radical (unpaired) electrons. The summed E-state index contributed by atoms with van der Waals surface area (Å²) >= 11 is 0.